The number of nitrogens with one attached hydrogen (secondary N) is 2. The smallest absolute Gasteiger partial charge is 0.349 e. The number of aromatic nitrogens is 3. The monoisotopic (exact) mass is 909 g/mol. The predicted molar refractivity (Wildman–Crippen MR) is 256 cm³/mol. The zero-order valence-electron chi connectivity index (χ0n) is 37.8. The van der Waals surface area contributed by atoms with E-state index in [1.165, 1.54) is 50.9 Å². The molecular formula is C49H63N5O6S2Si. The Hall–Kier alpha value is -4.15. The predicted octanol–water partition coefficient (Wildman–Crippen LogP) is 9.47. The van der Waals surface area contributed by atoms with E-state index in [0.29, 0.717) is 34.4 Å². The molecule has 0 saturated heterocycles. The summed E-state index contributed by atoms with van der Waals surface area (Å²) < 4.78 is 15.5. The topological polar surface area (TPSA) is 142 Å². The number of thiophene rings is 2. The maximum absolute atomic E-state index is 13.6. The second kappa shape index (κ2) is 18.4. The molecule has 2 aliphatic rings. The molecule has 63 heavy (non-hydrogen) atoms. The number of aromatic hydroxyl groups is 1. The SMILES string of the molecule is Cc1ccc([C@](O)(C(=O)O[C@H]2CC[C@H](N(C)CCCn3cnc4cc(CNC[C@H](O[Si](C)(C)C(C)(C)C)c5ccc(O)c6[nH]c(=O)ccc56)c5c(c43)CCC5)CC2)c2cccs2)s1. The molecule has 1 saturated carbocycles. The van der Waals surface area contributed by atoms with Crippen molar-refractivity contribution in [3.05, 3.63) is 114 Å². The molecule has 0 unspecified atom stereocenters. The lowest BCUT2D eigenvalue weighted by molar-refractivity contribution is -0.169. The number of carbonyl (C=O) groups is 1. The number of phenols is 1. The van der Waals surface area contributed by atoms with Crippen LogP contribution in [0.2, 0.25) is 18.1 Å². The zero-order chi connectivity index (χ0) is 44.7. The third-order valence-corrected chi connectivity index (χ3v) is 20.5. The van der Waals surface area contributed by atoms with Crippen LogP contribution in [-0.4, -0.2) is 76.2 Å². The third-order valence-electron chi connectivity index (χ3n) is 13.9. The average Bonchev–Trinajstić information content (AvgIpc) is 4.09. The Morgan fingerprint density at radius 2 is 1.84 bits per heavy atom. The summed E-state index contributed by atoms with van der Waals surface area (Å²) in [6, 6.07) is 17.0. The van der Waals surface area contributed by atoms with Crippen LogP contribution in [0.5, 0.6) is 5.75 Å². The number of carbonyl (C=O) groups excluding carboxylic acids is 1. The molecule has 0 spiro atoms. The number of H-pyrrole nitrogens is 1. The number of aliphatic hydroxyl groups is 1. The number of nitrogens with zero attached hydrogens (tertiary/aromatic N) is 3. The molecule has 0 radical (unpaired) electrons. The number of benzene rings is 2. The van der Waals surface area contributed by atoms with E-state index < -0.39 is 19.9 Å². The Morgan fingerprint density at radius 3 is 2.56 bits per heavy atom. The minimum atomic E-state index is -2.22. The number of fused-ring (bicyclic) bond motifs is 4. The summed E-state index contributed by atoms with van der Waals surface area (Å²) in [5.41, 5.74) is 5.78. The summed E-state index contributed by atoms with van der Waals surface area (Å²) in [5.74, 6) is -0.530. The van der Waals surface area contributed by atoms with E-state index in [2.05, 4.69) is 66.7 Å². The van der Waals surface area contributed by atoms with Crippen molar-refractivity contribution in [3.63, 3.8) is 0 Å². The molecule has 2 aliphatic carbocycles. The van der Waals surface area contributed by atoms with Gasteiger partial charge in [-0.2, -0.15) is 0 Å². The third kappa shape index (κ3) is 9.36. The van der Waals surface area contributed by atoms with Gasteiger partial charge < -0.3 is 39.1 Å². The van der Waals surface area contributed by atoms with Crippen molar-refractivity contribution in [1.82, 2.24) is 24.8 Å². The van der Waals surface area contributed by atoms with Gasteiger partial charge in [-0.3, -0.25) is 4.79 Å². The molecule has 2 aromatic carbocycles. The summed E-state index contributed by atoms with van der Waals surface area (Å²) in [7, 11) is -0.00600. The van der Waals surface area contributed by atoms with E-state index in [4.69, 9.17) is 14.1 Å². The summed E-state index contributed by atoms with van der Waals surface area (Å²) in [4.78, 5) is 38.3. The van der Waals surface area contributed by atoms with Gasteiger partial charge in [-0.05, 0) is 154 Å². The number of aromatic amines is 1. The lowest BCUT2D eigenvalue weighted by Gasteiger charge is -2.39. The fraction of sp³-hybridized carbons (Fsp3) is 0.490. The number of ether oxygens (including phenoxy) is 1. The van der Waals surface area contributed by atoms with Crippen LogP contribution in [0.3, 0.4) is 0 Å². The normalized spacial score (nSPS) is 18.6. The van der Waals surface area contributed by atoms with Crippen molar-refractivity contribution in [2.45, 2.75) is 134 Å². The van der Waals surface area contributed by atoms with Crippen LogP contribution < -0.4 is 10.9 Å². The largest absolute Gasteiger partial charge is 0.506 e. The van der Waals surface area contributed by atoms with Gasteiger partial charge in [0.25, 0.3) is 0 Å². The summed E-state index contributed by atoms with van der Waals surface area (Å²) in [6.45, 7) is 16.3. The Bertz CT molecular complexity index is 2620. The second-order valence-corrected chi connectivity index (χ2v) is 26.2. The van der Waals surface area contributed by atoms with Crippen molar-refractivity contribution in [3.8, 4) is 5.75 Å². The van der Waals surface area contributed by atoms with Crippen LogP contribution in [0, 0.1) is 6.92 Å². The summed E-state index contributed by atoms with van der Waals surface area (Å²) in [6.07, 6.45) is 9.18. The van der Waals surface area contributed by atoms with Crippen molar-refractivity contribution < 1.29 is 24.2 Å². The minimum Gasteiger partial charge on any atom is -0.506 e. The number of imidazole rings is 1. The van der Waals surface area contributed by atoms with Gasteiger partial charge in [0, 0.05) is 42.0 Å². The van der Waals surface area contributed by atoms with Crippen molar-refractivity contribution in [2.75, 3.05) is 20.1 Å². The summed E-state index contributed by atoms with van der Waals surface area (Å²) >= 11 is 2.80. The number of hydrogen-bond donors (Lipinski definition) is 4. The van der Waals surface area contributed by atoms with Crippen LogP contribution in [0.4, 0.5) is 0 Å². The minimum absolute atomic E-state index is 0.00533. The standard InChI is InChI=1S/C49H63N5O6S2Si/c1-31-14-22-43(62-31)49(58,42-13-9-26-61-42)47(57)59-34-17-15-33(16-18-34)53(5)24-10-25-54-30-51-39-27-32(35-11-8-12-38(35)46(39)54)28-50-29-41(60-63(6,7)48(2,3)4)36-19-21-40(55)45-37(36)20-23-44(56)52-45/h9,13-14,19-23,26-27,30,33-34,41,50,55,58H,8,10-12,15-18,24-25,28-29H2,1-7H3,(H,52,56)/t33-,34-,41-,49-/m0/s1. The number of pyridine rings is 1. The number of esters is 1. The lowest BCUT2D eigenvalue weighted by atomic mass is 9.91. The van der Waals surface area contributed by atoms with Crippen molar-refractivity contribution in [2.24, 2.45) is 0 Å². The van der Waals surface area contributed by atoms with Gasteiger partial charge in [0.2, 0.25) is 11.2 Å². The molecule has 4 N–H and O–H groups in total. The first-order valence-corrected chi connectivity index (χ1v) is 27.1. The van der Waals surface area contributed by atoms with Crippen molar-refractivity contribution in [1.29, 1.82) is 0 Å². The van der Waals surface area contributed by atoms with E-state index >= 15 is 0 Å². The maximum Gasteiger partial charge on any atom is 0.349 e. The quantitative estimate of drug-likeness (QED) is 0.0552. The van der Waals surface area contributed by atoms with Gasteiger partial charge >= 0.3 is 5.97 Å². The van der Waals surface area contributed by atoms with Gasteiger partial charge in [0.05, 0.1) is 38.7 Å². The average molecular weight is 910 g/mol. The molecule has 14 heteroatoms. The first kappa shape index (κ1) is 45.4. The number of aryl methyl sites for hydroxylation is 3. The zero-order valence-corrected chi connectivity index (χ0v) is 40.4. The fourth-order valence-corrected chi connectivity index (χ4v) is 12.5. The lowest BCUT2D eigenvalue weighted by Crippen LogP contribution is -2.43. The van der Waals surface area contributed by atoms with Gasteiger partial charge in [-0.15, -0.1) is 22.7 Å². The molecule has 6 aromatic rings. The Balaban J connectivity index is 0.885. The van der Waals surface area contributed by atoms with Crippen LogP contribution in [-0.2, 0) is 45.5 Å². The van der Waals surface area contributed by atoms with Crippen LogP contribution in [0.15, 0.2) is 71.1 Å². The van der Waals surface area contributed by atoms with E-state index in [1.54, 1.807) is 18.2 Å². The van der Waals surface area contributed by atoms with Gasteiger partial charge in [-0.25, -0.2) is 9.78 Å². The van der Waals surface area contributed by atoms with E-state index in [0.717, 1.165) is 85.8 Å². The fourth-order valence-electron chi connectivity index (χ4n) is 9.35. The number of rotatable bonds is 16. The molecule has 336 valence electrons. The van der Waals surface area contributed by atoms with Crippen LogP contribution in [0.25, 0.3) is 21.9 Å². The Kier molecular flexibility index (Phi) is 13.3. The molecule has 4 aromatic heterocycles. The first-order valence-electron chi connectivity index (χ1n) is 22.5. The van der Waals surface area contributed by atoms with Gasteiger partial charge in [0.1, 0.15) is 11.9 Å². The molecule has 0 aliphatic heterocycles. The molecular weight excluding hydrogens is 847 g/mol. The molecule has 1 fully saturated rings. The Morgan fingerprint density at radius 1 is 1.06 bits per heavy atom. The number of phenolic OH excluding ortho intramolecular Hbond substituents is 1. The number of hydrogen-bond acceptors (Lipinski definition) is 11. The molecule has 11 nitrogen and oxygen atoms in total. The van der Waals surface area contributed by atoms with Crippen LogP contribution in [0.1, 0.15) is 102 Å². The first-order chi connectivity index (χ1) is 30.0. The molecule has 4 heterocycles. The highest BCUT2D eigenvalue weighted by molar-refractivity contribution is 7.13. The maximum atomic E-state index is 13.6. The highest BCUT2D eigenvalue weighted by atomic mass is 32.1. The molecule has 0 bridgehead atoms. The van der Waals surface area contributed by atoms with Crippen molar-refractivity contribution >= 4 is 58.9 Å². The van der Waals surface area contributed by atoms with Crippen LogP contribution >= 0.6 is 22.7 Å². The highest BCUT2D eigenvalue weighted by Crippen LogP contribution is 2.42. The molecule has 8 rings (SSSR count). The van der Waals surface area contributed by atoms with E-state index in [1.807, 2.05) is 42.9 Å². The Labute approximate surface area is 379 Å². The van der Waals surface area contributed by atoms with E-state index in [-0.39, 0.29) is 28.6 Å². The highest BCUT2D eigenvalue weighted by Gasteiger charge is 2.45. The van der Waals surface area contributed by atoms with E-state index in [9.17, 15) is 19.8 Å². The van der Waals surface area contributed by atoms with Gasteiger partial charge in [0.15, 0.2) is 8.32 Å². The molecule has 0 amide bonds. The summed E-state index contributed by atoms with van der Waals surface area (Å²) in [5, 5.41) is 28.9. The van der Waals surface area contributed by atoms with Gasteiger partial charge in [-0.1, -0.05) is 32.9 Å². The molecule has 2 atom stereocenters. The second-order valence-electron chi connectivity index (χ2n) is 19.2.